The second-order valence-corrected chi connectivity index (χ2v) is 5.19. The molecular formula is C18H12K2O4. The molecule has 0 aliphatic carbocycles. The van der Waals surface area contributed by atoms with E-state index < -0.39 is 17.9 Å². The summed E-state index contributed by atoms with van der Waals surface area (Å²) in [5.41, 5.74) is 0.687. The first kappa shape index (κ1) is 22.4. The van der Waals surface area contributed by atoms with Gasteiger partial charge < -0.3 is 19.8 Å². The quantitative estimate of drug-likeness (QED) is 0.261. The molecule has 0 saturated heterocycles. The maximum absolute atomic E-state index is 11.1. The smallest absolute Gasteiger partial charge is 0.549 e. The third kappa shape index (κ3) is 4.76. The number of rotatable bonds is 4. The molecule has 3 aromatic rings. The van der Waals surface area contributed by atoms with Gasteiger partial charge in [-0.2, -0.15) is 0 Å². The van der Waals surface area contributed by atoms with Gasteiger partial charge in [-0.1, -0.05) is 48.5 Å². The first-order valence-electron chi connectivity index (χ1n) is 6.89. The van der Waals surface area contributed by atoms with Gasteiger partial charge in [0.05, 0.1) is 11.9 Å². The van der Waals surface area contributed by atoms with Crippen LogP contribution in [-0.2, 0) is 16.0 Å². The number of aliphatic carboxylic acids is 2. The number of carboxylic acids is 2. The van der Waals surface area contributed by atoms with Gasteiger partial charge >= 0.3 is 103 Å². The number of carbonyl (C=O) groups excluding carboxylic acids is 2. The maximum atomic E-state index is 11.1. The van der Waals surface area contributed by atoms with Crippen LogP contribution < -0.4 is 113 Å². The zero-order valence-electron chi connectivity index (χ0n) is 13.6. The van der Waals surface area contributed by atoms with Gasteiger partial charge in [0, 0.05) is 5.92 Å². The van der Waals surface area contributed by atoms with E-state index in [2.05, 4.69) is 0 Å². The van der Waals surface area contributed by atoms with E-state index in [-0.39, 0.29) is 109 Å². The van der Waals surface area contributed by atoms with E-state index in [1.165, 1.54) is 0 Å². The van der Waals surface area contributed by atoms with Crippen molar-refractivity contribution in [1.29, 1.82) is 0 Å². The summed E-state index contributed by atoms with van der Waals surface area (Å²) in [5.74, 6) is -4.93. The topological polar surface area (TPSA) is 80.3 Å². The normalized spacial score (nSPS) is 10.2. The Morgan fingerprint density at radius 2 is 1.21 bits per heavy atom. The number of fused-ring (bicyclic) bond motifs is 2. The predicted molar refractivity (Wildman–Crippen MR) is 78.7 cm³/mol. The largest absolute Gasteiger partial charge is 1.00 e. The van der Waals surface area contributed by atoms with E-state index in [0.717, 1.165) is 21.5 Å². The van der Waals surface area contributed by atoms with Gasteiger partial charge in [-0.05, 0) is 39.6 Å². The van der Waals surface area contributed by atoms with Crippen LogP contribution >= 0.6 is 0 Å². The molecule has 0 radical (unpaired) electrons. The van der Waals surface area contributed by atoms with Crippen LogP contribution in [0.1, 0.15) is 5.56 Å². The zero-order chi connectivity index (χ0) is 15.7. The Hall–Kier alpha value is 0.393. The van der Waals surface area contributed by atoms with Crippen LogP contribution in [0.5, 0.6) is 0 Å². The summed E-state index contributed by atoms with van der Waals surface area (Å²) in [5, 5.41) is 25.7. The van der Waals surface area contributed by atoms with Gasteiger partial charge in [-0.3, -0.25) is 0 Å². The Morgan fingerprint density at radius 1 is 0.792 bits per heavy atom. The summed E-state index contributed by atoms with van der Waals surface area (Å²) >= 11 is 0. The summed E-state index contributed by atoms with van der Waals surface area (Å²) < 4.78 is 0. The number of carbonyl (C=O) groups is 2. The number of hydrogen-bond donors (Lipinski definition) is 0. The average molecular weight is 370 g/mol. The molecule has 0 aliphatic rings. The molecule has 0 fully saturated rings. The minimum Gasteiger partial charge on any atom is -0.549 e. The summed E-state index contributed by atoms with van der Waals surface area (Å²) in [7, 11) is 0. The van der Waals surface area contributed by atoms with Crippen molar-refractivity contribution >= 4 is 33.5 Å². The average Bonchev–Trinajstić information content (AvgIpc) is 2.50. The van der Waals surface area contributed by atoms with Crippen molar-refractivity contribution in [3.8, 4) is 0 Å². The Morgan fingerprint density at radius 3 is 1.62 bits per heavy atom. The first-order chi connectivity index (χ1) is 10.6. The molecule has 0 heterocycles. The molecular weight excluding hydrogens is 358 g/mol. The fourth-order valence-electron chi connectivity index (χ4n) is 2.79. The molecule has 0 N–H and O–H groups in total. The third-order valence-electron chi connectivity index (χ3n) is 3.86. The Bertz CT molecular complexity index is 824. The Kier molecular flexibility index (Phi) is 9.27. The van der Waals surface area contributed by atoms with Crippen LogP contribution in [0, 0.1) is 5.92 Å². The van der Waals surface area contributed by atoms with Crippen LogP contribution in [0.25, 0.3) is 21.5 Å². The minimum atomic E-state index is -1.67. The van der Waals surface area contributed by atoms with E-state index >= 15 is 0 Å². The van der Waals surface area contributed by atoms with E-state index in [1.54, 1.807) is 0 Å². The van der Waals surface area contributed by atoms with E-state index in [4.69, 9.17) is 0 Å². The fraction of sp³-hybridized carbons (Fsp3) is 0.111. The van der Waals surface area contributed by atoms with Crippen LogP contribution in [0.3, 0.4) is 0 Å². The van der Waals surface area contributed by atoms with Crippen LogP contribution in [0.4, 0.5) is 0 Å². The molecule has 0 saturated carbocycles. The molecule has 3 aromatic carbocycles. The van der Waals surface area contributed by atoms with Crippen molar-refractivity contribution in [3.05, 3.63) is 60.2 Å². The monoisotopic (exact) mass is 370 g/mol. The van der Waals surface area contributed by atoms with E-state index in [0.29, 0.717) is 5.56 Å². The molecule has 4 nitrogen and oxygen atoms in total. The van der Waals surface area contributed by atoms with Gasteiger partial charge in [-0.15, -0.1) is 0 Å². The maximum Gasteiger partial charge on any atom is 1.00 e. The molecule has 0 spiro atoms. The number of benzene rings is 3. The Balaban J connectivity index is 0.00000144. The van der Waals surface area contributed by atoms with Crippen molar-refractivity contribution in [3.63, 3.8) is 0 Å². The first-order valence-corrected chi connectivity index (χ1v) is 6.89. The van der Waals surface area contributed by atoms with Gasteiger partial charge in [0.2, 0.25) is 0 Å². The van der Waals surface area contributed by atoms with Gasteiger partial charge in [0.15, 0.2) is 0 Å². The molecule has 110 valence electrons. The van der Waals surface area contributed by atoms with E-state index in [9.17, 15) is 19.8 Å². The number of carboxylic acid groups (broad SMARTS) is 2. The third-order valence-corrected chi connectivity index (χ3v) is 3.86. The van der Waals surface area contributed by atoms with Crippen molar-refractivity contribution in [2.75, 3.05) is 0 Å². The van der Waals surface area contributed by atoms with Gasteiger partial charge in [0.1, 0.15) is 0 Å². The molecule has 0 aromatic heterocycles. The molecule has 0 atom stereocenters. The van der Waals surface area contributed by atoms with Crippen LogP contribution in [0.2, 0.25) is 0 Å². The molecule has 3 rings (SSSR count). The summed E-state index contributed by atoms with van der Waals surface area (Å²) in [6.07, 6.45) is -0.160. The minimum absolute atomic E-state index is 0. The molecule has 0 bridgehead atoms. The Labute approximate surface area is 224 Å². The van der Waals surface area contributed by atoms with Crippen molar-refractivity contribution in [2.45, 2.75) is 6.42 Å². The second-order valence-electron chi connectivity index (χ2n) is 5.19. The van der Waals surface area contributed by atoms with Gasteiger partial charge in [0.25, 0.3) is 0 Å². The number of hydrogen-bond acceptors (Lipinski definition) is 4. The molecule has 0 unspecified atom stereocenters. The van der Waals surface area contributed by atoms with Crippen molar-refractivity contribution in [2.24, 2.45) is 5.92 Å². The summed E-state index contributed by atoms with van der Waals surface area (Å²) in [4.78, 5) is 22.2. The zero-order valence-corrected chi connectivity index (χ0v) is 19.9. The predicted octanol–water partition coefficient (Wildman–Crippen LogP) is -5.34. The van der Waals surface area contributed by atoms with Crippen LogP contribution in [0.15, 0.2) is 54.6 Å². The fourth-order valence-corrected chi connectivity index (χ4v) is 2.79. The second kappa shape index (κ2) is 9.92. The van der Waals surface area contributed by atoms with Crippen LogP contribution in [-0.4, -0.2) is 11.9 Å². The van der Waals surface area contributed by atoms with Crippen molar-refractivity contribution in [1.82, 2.24) is 0 Å². The summed E-state index contributed by atoms with van der Waals surface area (Å²) in [6.45, 7) is 0. The van der Waals surface area contributed by atoms with Crippen molar-refractivity contribution < 1.29 is 123 Å². The molecule has 24 heavy (non-hydrogen) atoms. The van der Waals surface area contributed by atoms with Gasteiger partial charge in [-0.25, -0.2) is 0 Å². The molecule has 0 amide bonds. The summed E-state index contributed by atoms with van der Waals surface area (Å²) in [6, 6.07) is 17.0. The molecule has 6 heteroatoms. The standard InChI is InChI=1S/C18H14O4.2K/c19-17(20)16(18(21)22)10-15-13-7-3-1-5-11(13)9-12-6-2-4-8-14(12)15;;/h1-9,16H,10H2,(H,19,20)(H,21,22);;/q;2*+1/p-2. The SMILES string of the molecule is O=C([O-])C(Cc1c2ccccc2cc2ccccc12)C(=O)[O-].[K+].[K+]. The molecule has 0 aliphatic heterocycles. The van der Waals surface area contributed by atoms with E-state index in [1.807, 2.05) is 54.6 Å².